The predicted octanol–water partition coefficient (Wildman–Crippen LogP) is 5.83. The molecular weight excluding hydrogens is 494 g/mol. The third-order valence-corrected chi connectivity index (χ3v) is 6.57. The van der Waals surface area contributed by atoms with Gasteiger partial charge in [-0.25, -0.2) is 9.78 Å². The summed E-state index contributed by atoms with van der Waals surface area (Å²) in [5.41, 5.74) is 1.39. The Balaban J connectivity index is 1.55. The Morgan fingerprint density at radius 2 is 1.74 bits per heavy atom. The fourth-order valence-corrected chi connectivity index (χ4v) is 4.62. The topological polar surface area (TPSA) is 90.0 Å². The summed E-state index contributed by atoms with van der Waals surface area (Å²) < 4.78 is 17.4. The molecule has 4 rings (SSSR count). The molecule has 1 saturated heterocycles. The van der Waals surface area contributed by atoms with Crippen molar-refractivity contribution in [1.29, 1.82) is 0 Å². The molecule has 2 heterocycles. The summed E-state index contributed by atoms with van der Waals surface area (Å²) in [6.45, 7) is 12.1. The molecule has 1 fully saturated rings. The Bertz CT molecular complexity index is 1330. The highest BCUT2D eigenvalue weighted by Crippen LogP contribution is 2.34. The van der Waals surface area contributed by atoms with E-state index in [1.165, 1.54) is 0 Å². The average Bonchev–Trinajstić information content (AvgIpc) is 3.34. The Labute approximate surface area is 230 Å². The lowest BCUT2D eigenvalue weighted by atomic mass is 9.86. The van der Waals surface area contributed by atoms with Crippen LogP contribution in [0.5, 0.6) is 11.5 Å². The lowest BCUT2D eigenvalue weighted by Crippen LogP contribution is -2.55. The molecular formula is C31H39N3O5. The molecule has 0 spiro atoms. The van der Waals surface area contributed by atoms with Gasteiger partial charge in [-0.15, -0.1) is 0 Å². The predicted molar refractivity (Wildman–Crippen MR) is 152 cm³/mol. The van der Waals surface area contributed by atoms with Gasteiger partial charge in [0.1, 0.15) is 29.2 Å². The summed E-state index contributed by atoms with van der Waals surface area (Å²) in [6, 6.07) is 16.9. The van der Waals surface area contributed by atoms with Gasteiger partial charge in [0.25, 0.3) is 0 Å². The maximum Gasteiger partial charge on any atom is 0.408 e. The summed E-state index contributed by atoms with van der Waals surface area (Å²) in [4.78, 5) is 32.7. The van der Waals surface area contributed by atoms with Crippen LogP contribution in [0.1, 0.15) is 48.0 Å². The molecule has 2 atom stereocenters. The van der Waals surface area contributed by atoms with Gasteiger partial charge in [-0.1, -0.05) is 51.1 Å². The summed E-state index contributed by atoms with van der Waals surface area (Å²) >= 11 is 0. The van der Waals surface area contributed by atoms with E-state index in [4.69, 9.17) is 19.2 Å². The number of pyridine rings is 1. The first-order valence-corrected chi connectivity index (χ1v) is 13.3. The number of aromatic nitrogens is 1. The van der Waals surface area contributed by atoms with Gasteiger partial charge in [0.2, 0.25) is 5.91 Å². The Morgan fingerprint density at radius 3 is 2.38 bits per heavy atom. The largest absolute Gasteiger partial charge is 0.497 e. The standard InChI is InChI=1S/C31H39N3O5/c1-30(2,3)27(33-29(36)39-31(4,5)6)28(35)34-16-15-22(19-34)38-26-18-24(20-11-9-8-10-12-20)32-25-17-21(37-7)13-14-23(25)26/h8-14,17-18,22,27H,15-16,19H2,1-7H3,(H,33,36)/t22-,27?/m1/s1. The van der Waals surface area contributed by atoms with Crippen molar-refractivity contribution >= 4 is 22.9 Å². The molecule has 39 heavy (non-hydrogen) atoms. The van der Waals surface area contributed by atoms with Crippen molar-refractivity contribution in [2.24, 2.45) is 5.41 Å². The molecule has 0 aliphatic carbocycles. The van der Waals surface area contributed by atoms with Crippen molar-refractivity contribution in [3.05, 3.63) is 54.6 Å². The van der Waals surface area contributed by atoms with Crippen molar-refractivity contribution < 1.29 is 23.8 Å². The van der Waals surface area contributed by atoms with Crippen LogP contribution in [0, 0.1) is 5.41 Å². The number of carbonyl (C=O) groups excluding carboxylic acids is 2. The molecule has 0 bridgehead atoms. The molecule has 1 unspecified atom stereocenters. The Morgan fingerprint density at radius 1 is 1.03 bits per heavy atom. The van der Waals surface area contributed by atoms with Gasteiger partial charge >= 0.3 is 6.09 Å². The molecule has 1 aromatic heterocycles. The number of ether oxygens (including phenoxy) is 3. The number of alkyl carbamates (subject to hydrolysis) is 1. The number of hydrogen-bond acceptors (Lipinski definition) is 6. The number of benzene rings is 2. The zero-order valence-corrected chi connectivity index (χ0v) is 23.9. The number of likely N-dealkylation sites (tertiary alicyclic amines) is 1. The minimum atomic E-state index is -0.731. The third-order valence-electron chi connectivity index (χ3n) is 6.57. The van der Waals surface area contributed by atoms with Crippen molar-refractivity contribution in [1.82, 2.24) is 15.2 Å². The van der Waals surface area contributed by atoms with Crippen LogP contribution in [0.25, 0.3) is 22.2 Å². The molecule has 1 aliphatic rings. The van der Waals surface area contributed by atoms with Crippen LogP contribution in [0.2, 0.25) is 0 Å². The molecule has 8 nitrogen and oxygen atoms in total. The number of rotatable bonds is 6. The normalized spacial score (nSPS) is 16.6. The molecule has 2 aromatic carbocycles. The third kappa shape index (κ3) is 6.99. The summed E-state index contributed by atoms with van der Waals surface area (Å²) in [7, 11) is 1.63. The lowest BCUT2D eigenvalue weighted by Gasteiger charge is -2.34. The van der Waals surface area contributed by atoms with Gasteiger partial charge in [0.05, 0.1) is 24.9 Å². The van der Waals surface area contributed by atoms with Crippen LogP contribution in [0.4, 0.5) is 4.79 Å². The minimum absolute atomic E-state index is 0.145. The second-order valence-corrected chi connectivity index (χ2v) is 12.0. The van der Waals surface area contributed by atoms with Crippen molar-refractivity contribution in [3.63, 3.8) is 0 Å². The summed E-state index contributed by atoms with van der Waals surface area (Å²) in [6.07, 6.45) is -0.127. The van der Waals surface area contributed by atoms with Gasteiger partial charge in [-0.3, -0.25) is 4.79 Å². The number of methoxy groups -OCH3 is 1. The smallest absolute Gasteiger partial charge is 0.408 e. The second-order valence-electron chi connectivity index (χ2n) is 12.0. The van der Waals surface area contributed by atoms with Crippen molar-refractivity contribution in [2.75, 3.05) is 20.2 Å². The van der Waals surface area contributed by atoms with Crippen LogP contribution in [-0.2, 0) is 9.53 Å². The second kappa shape index (κ2) is 11.1. The Hall–Kier alpha value is -3.81. The van der Waals surface area contributed by atoms with Crippen molar-refractivity contribution in [3.8, 4) is 22.8 Å². The average molecular weight is 534 g/mol. The highest BCUT2D eigenvalue weighted by molar-refractivity contribution is 5.89. The highest BCUT2D eigenvalue weighted by Gasteiger charge is 2.39. The molecule has 1 aliphatic heterocycles. The van der Waals surface area contributed by atoms with Gasteiger partial charge < -0.3 is 24.4 Å². The number of carbonyl (C=O) groups is 2. The molecule has 2 amide bonds. The zero-order chi connectivity index (χ0) is 28.4. The van der Waals surface area contributed by atoms with E-state index in [2.05, 4.69) is 5.32 Å². The number of hydrogen-bond donors (Lipinski definition) is 1. The first kappa shape index (κ1) is 28.2. The first-order valence-electron chi connectivity index (χ1n) is 13.3. The van der Waals surface area contributed by atoms with Crippen molar-refractivity contribution in [2.45, 2.75) is 65.7 Å². The highest BCUT2D eigenvalue weighted by atomic mass is 16.6. The van der Waals surface area contributed by atoms with E-state index in [-0.39, 0.29) is 12.0 Å². The molecule has 1 N–H and O–H groups in total. The van der Waals surface area contributed by atoms with Crippen LogP contribution in [0.3, 0.4) is 0 Å². The van der Waals surface area contributed by atoms with E-state index in [1.807, 2.05) is 75.4 Å². The maximum absolute atomic E-state index is 13.6. The first-order chi connectivity index (χ1) is 18.3. The monoisotopic (exact) mass is 533 g/mol. The van der Waals surface area contributed by atoms with Gasteiger partial charge in [-0.05, 0) is 38.3 Å². The fraction of sp³-hybridized carbons (Fsp3) is 0.452. The van der Waals surface area contributed by atoms with Crippen LogP contribution in [-0.4, -0.2) is 59.8 Å². The molecule has 208 valence electrons. The number of nitrogens with zero attached hydrogens (tertiary/aromatic N) is 2. The van der Waals surface area contributed by atoms with Crippen LogP contribution in [0.15, 0.2) is 54.6 Å². The van der Waals surface area contributed by atoms with E-state index in [0.29, 0.717) is 25.3 Å². The van der Waals surface area contributed by atoms with E-state index in [1.54, 1.807) is 32.8 Å². The lowest BCUT2D eigenvalue weighted by molar-refractivity contribution is -0.135. The summed E-state index contributed by atoms with van der Waals surface area (Å²) in [5.74, 6) is 1.28. The van der Waals surface area contributed by atoms with E-state index >= 15 is 0 Å². The SMILES string of the molecule is COc1ccc2c(O[C@@H]3CCN(C(=O)C(NC(=O)OC(C)(C)C)C(C)(C)C)C3)cc(-c3ccccc3)nc2c1. The fourth-order valence-electron chi connectivity index (χ4n) is 4.62. The Kier molecular flexibility index (Phi) is 8.04. The van der Waals surface area contributed by atoms with E-state index < -0.39 is 23.2 Å². The maximum atomic E-state index is 13.6. The summed E-state index contributed by atoms with van der Waals surface area (Å²) in [5, 5.41) is 3.68. The number of fused-ring (bicyclic) bond motifs is 1. The molecule has 0 saturated carbocycles. The molecule has 8 heteroatoms. The van der Waals surface area contributed by atoms with Crippen LogP contribution >= 0.6 is 0 Å². The molecule has 3 aromatic rings. The molecule has 0 radical (unpaired) electrons. The van der Waals surface area contributed by atoms with Crippen LogP contribution < -0.4 is 14.8 Å². The number of amides is 2. The number of nitrogens with one attached hydrogen (secondary N) is 1. The van der Waals surface area contributed by atoms with Gasteiger partial charge in [-0.2, -0.15) is 0 Å². The van der Waals surface area contributed by atoms with E-state index in [0.717, 1.165) is 27.9 Å². The quantitative estimate of drug-likeness (QED) is 0.429. The van der Waals surface area contributed by atoms with Gasteiger partial charge in [0.15, 0.2) is 0 Å². The minimum Gasteiger partial charge on any atom is -0.497 e. The zero-order valence-electron chi connectivity index (χ0n) is 23.9. The van der Waals surface area contributed by atoms with E-state index in [9.17, 15) is 9.59 Å². The van der Waals surface area contributed by atoms with Gasteiger partial charge in [0, 0.05) is 36.0 Å².